The topological polar surface area (TPSA) is 69.3 Å². The third-order valence-electron chi connectivity index (χ3n) is 5.39. The highest BCUT2D eigenvalue weighted by atomic mass is 35.5. The second kappa shape index (κ2) is 8.52. The number of carbonyl (C=O) groups is 1. The number of nitrogens with one attached hydrogen (secondary N) is 1. The van der Waals surface area contributed by atoms with Crippen molar-refractivity contribution in [2.75, 3.05) is 13.1 Å². The average molecular weight is 464 g/mol. The molecule has 0 spiro atoms. The Kier molecular flexibility index (Phi) is 5.92. The lowest BCUT2D eigenvalue weighted by Gasteiger charge is -2.28. The third-order valence-corrected chi connectivity index (χ3v) is 5.72. The lowest BCUT2D eigenvalue weighted by Crippen LogP contribution is -2.39. The normalized spacial score (nSPS) is 15.9. The van der Waals surface area contributed by atoms with Crippen molar-refractivity contribution in [2.24, 2.45) is 5.73 Å². The van der Waals surface area contributed by atoms with Gasteiger partial charge < -0.3 is 20.4 Å². The van der Waals surface area contributed by atoms with E-state index < -0.39 is 6.36 Å². The van der Waals surface area contributed by atoms with E-state index in [-0.39, 0.29) is 22.7 Å². The van der Waals surface area contributed by atoms with Gasteiger partial charge in [-0.25, -0.2) is 0 Å². The van der Waals surface area contributed by atoms with Gasteiger partial charge in [-0.05, 0) is 55.8 Å². The molecule has 0 aliphatic carbocycles. The van der Waals surface area contributed by atoms with E-state index in [0.29, 0.717) is 42.0 Å². The highest BCUT2D eigenvalue weighted by Crippen LogP contribution is 2.43. The molecule has 1 atom stereocenters. The van der Waals surface area contributed by atoms with Crippen LogP contribution in [-0.2, 0) is 0 Å². The van der Waals surface area contributed by atoms with Crippen LogP contribution in [-0.4, -0.2) is 29.9 Å². The number of fused-ring (bicyclic) bond motifs is 1. The second-order valence-corrected chi connectivity index (χ2v) is 8.07. The van der Waals surface area contributed by atoms with Crippen molar-refractivity contribution in [2.45, 2.75) is 25.7 Å². The SMILES string of the molecule is Cc1cccc(-c2c(-c3cc(OC(F)(F)F)ccc3Cl)cc3n2C(CCN)CNC3=O)c1. The summed E-state index contributed by atoms with van der Waals surface area (Å²) in [5, 5.41) is 3.11. The number of ether oxygens (including phenoxy) is 1. The molecule has 2 heterocycles. The quantitative estimate of drug-likeness (QED) is 0.538. The van der Waals surface area contributed by atoms with E-state index in [2.05, 4.69) is 10.1 Å². The molecular formula is C23H21ClF3N3O2. The molecule has 1 unspecified atom stereocenters. The Morgan fingerprint density at radius 1 is 1.19 bits per heavy atom. The largest absolute Gasteiger partial charge is 0.573 e. The van der Waals surface area contributed by atoms with E-state index in [1.54, 1.807) is 6.07 Å². The maximum atomic E-state index is 12.8. The molecule has 2 aromatic carbocycles. The second-order valence-electron chi connectivity index (χ2n) is 7.66. The van der Waals surface area contributed by atoms with E-state index in [9.17, 15) is 18.0 Å². The zero-order valence-electron chi connectivity index (χ0n) is 17.2. The van der Waals surface area contributed by atoms with Gasteiger partial charge in [0.15, 0.2) is 0 Å². The molecule has 1 amide bonds. The molecule has 32 heavy (non-hydrogen) atoms. The smallest absolute Gasteiger partial charge is 0.406 e. The molecule has 168 valence electrons. The lowest BCUT2D eigenvalue weighted by molar-refractivity contribution is -0.274. The summed E-state index contributed by atoms with van der Waals surface area (Å²) < 4.78 is 44.5. The monoisotopic (exact) mass is 463 g/mol. The molecule has 1 aromatic heterocycles. The minimum atomic E-state index is -4.84. The molecular weight excluding hydrogens is 443 g/mol. The Hall–Kier alpha value is -2.97. The van der Waals surface area contributed by atoms with Crippen molar-refractivity contribution >= 4 is 17.5 Å². The standard InChI is InChI=1S/C23H21ClF3N3O2/c1-13-3-2-4-14(9-13)21-18(11-20-22(31)29-12-15(7-8-28)30(20)21)17-10-16(5-6-19(17)24)32-23(25,26)27/h2-6,9-11,15H,7-8,12,28H2,1H3,(H,29,31). The fourth-order valence-electron chi connectivity index (χ4n) is 4.10. The molecule has 4 rings (SSSR count). The van der Waals surface area contributed by atoms with Gasteiger partial charge in [0.25, 0.3) is 5.91 Å². The van der Waals surface area contributed by atoms with Crippen molar-refractivity contribution in [1.82, 2.24) is 9.88 Å². The Bertz CT molecular complexity index is 1170. The number of aryl methyl sites for hydroxylation is 1. The average Bonchev–Trinajstić information content (AvgIpc) is 3.12. The molecule has 0 fully saturated rings. The molecule has 9 heteroatoms. The van der Waals surface area contributed by atoms with Gasteiger partial charge in [0.2, 0.25) is 0 Å². The Labute approximate surface area is 187 Å². The molecule has 3 N–H and O–H groups in total. The van der Waals surface area contributed by atoms with Crippen LogP contribution in [0.25, 0.3) is 22.4 Å². The van der Waals surface area contributed by atoms with E-state index in [4.69, 9.17) is 17.3 Å². The fraction of sp³-hybridized carbons (Fsp3) is 0.261. The number of hydrogen-bond acceptors (Lipinski definition) is 3. The van der Waals surface area contributed by atoms with Gasteiger partial charge in [0, 0.05) is 22.7 Å². The molecule has 0 saturated heterocycles. The summed E-state index contributed by atoms with van der Waals surface area (Å²) in [6.07, 6.45) is -4.22. The molecule has 3 aromatic rings. The first-order chi connectivity index (χ1) is 15.2. The predicted octanol–water partition coefficient (Wildman–Crippen LogP) is 5.32. The number of aromatic nitrogens is 1. The summed E-state index contributed by atoms with van der Waals surface area (Å²) in [6, 6.07) is 13.0. The van der Waals surface area contributed by atoms with Crippen LogP contribution in [0, 0.1) is 6.92 Å². The van der Waals surface area contributed by atoms with Crippen molar-refractivity contribution in [3.8, 4) is 28.1 Å². The number of nitrogens with two attached hydrogens (primary N) is 1. The predicted molar refractivity (Wildman–Crippen MR) is 117 cm³/mol. The zero-order valence-corrected chi connectivity index (χ0v) is 17.9. The van der Waals surface area contributed by atoms with Crippen molar-refractivity contribution in [3.05, 3.63) is 64.8 Å². The molecule has 0 radical (unpaired) electrons. The lowest BCUT2D eigenvalue weighted by atomic mass is 9.99. The minimum absolute atomic E-state index is 0.106. The number of benzene rings is 2. The van der Waals surface area contributed by atoms with Crippen LogP contribution in [0.15, 0.2) is 48.5 Å². The van der Waals surface area contributed by atoms with Gasteiger partial charge in [-0.1, -0.05) is 35.4 Å². The van der Waals surface area contributed by atoms with E-state index in [0.717, 1.165) is 17.2 Å². The first kappa shape index (κ1) is 22.2. The first-order valence-electron chi connectivity index (χ1n) is 10.0. The zero-order chi connectivity index (χ0) is 23.0. The van der Waals surface area contributed by atoms with Crippen LogP contribution in [0.2, 0.25) is 5.02 Å². The summed E-state index contributed by atoms with van der Waals surface area (Å²) in [5.41, 5.74) is 9.62. The fourth-order valence-corrected chi connectivity index (χ4v) is 4.31. The van der Waals surface area contributed by atoms with E-state index in [1.165, 1.54) is 12.1 Å². The Morgan fingerprint density at radius 3 is 2.66 bits per heavy atom. The van der Waals surface area contributed by atoms with E-state index >= 15 is 0 Å². The summed E-state index contributed by atoms with van der Waals surface area (Å²) in [6.45, 7) is 2.76. The summed E-state index contributed by atoms with van der Waals surface area (Å²) in [5.74, 6) is -0.656. The highest BCUT2D eigenvalue weighted by molar-refractivity contribution is 6.33. The molecule has 5 nitrogen and oxygen atoms in total. The number of hydrogen-bond donors (Lipinski definition) is 2. The molecule has 0 saturated carbocycles. The number of carbonyl (C=O) groups excluding carboxylic acids is 1. The van der Waals surface area contributed by atoms with Crippen molar-refractivity contribution in [3.63, 3.8) is 0 Å². The van der Waals surface area contributed by atoms with E-state index in [1.807, 2.05) is 35.8 Å². The number of nitrogens with zero attached hydrogens (tertiary/aromatic N) is 1. The third kappa shape index (κ3) is 4.33. The maximum absolute atomic E-state index is 12.8. The van der Waals surface area contributed by atoms with Gasteiger partial charge in [-0.3, -0.25) is 4.79 Å². The van der Waals surface area contributed by atoms with Crippen LogP contribution >= 0.6 is 11.6 Å². The van der Waals surface area contributed by atoms with Crippen molar-refractivity contribution < 1.29 is 22.7 Å². The van der Waals surface area contributed by atoms with Gasteiger partial charge in [0.1, 0.15) is 11.4 Å². The number of halogens is 4. The van der Waals surface area contributed by atoms with Crippen LogP contribution in [0.5, 0.6) is 5.75 Å². The van der Waals surface area contributed by atoms with Gasteiger partial charge in [-0.15, -0.1) is 13.2 Å². The number of amides is 1. The van der Waals surface area contributed by atoms with Gasteiger partial charge >= 0.3 is 6.36 Å². The molecule has 0 bridgehead atoms. The maximum Gasteiger partial charge on any atom is 0.573 e. The Morgan fingerprint density at radius 2 is 1.97 bits per heavy atom. The van der Waals surface area contributed by atoms with Gasteiger partial charge in [0.05, 0.1) is 11.7 Å². The molecule has 1 aliphatic rings. The minimum Gasteiger partial charge on any atom is -0.406 e. The Balaban J connectivity index is 1.99. The van der Waals surface area contributed by atoms with Gasteiger partial charge in [-0.2, -0.15) is 0 Å². The van der Waals surface area contributed by atoms with Crippen LogP contribution in [0.4, 0.5) is 13.2 Å². The van der Waals surface area contributed by atoms with Crippen molar-refractivity contribution in [1.29, 1.82) is 0 Å². The highest BCUT2D eigenvalue weighted by Gasteiger charge is 2.33. The van der Waals surface area contributed by atoms with Crippen LogP contribution < -0.4 is 15.8 Å². The first-order valence-corrected chi connectivity index (χ1v) is 10.4. The summed E-state index contributed by atoms with van der Waals surface area (Å²) in [4.78, 5) is 12.7. The number of alkyl halides is 3. The summed E-state index contributed by atoms with van der Waals surface area (Å²) in [7, 11) is 0. The van der Waals surface area contributed by atoms with Crippen LogP contribution in [0.3, 0.4) is 0 Å². The summed E-state index contributed by atoms with van der Waals surface area (Å²) >= 11 is 6.42. The molecule has 1 aliphatic heterocycles. The number of rotatable bonds is 5. The van der Waals surface area contributed by atoms with Crippen LogP contribution in [0.1, 0.15) is 28.5 Å².